The second kappa shape index (κ2) is 10.7. The van der Waals surface area contributed by atoms with Crippen LogP contribution < -0.4 is 5.32 Å². The third kappa shape index (κ3) is 6.26. The summed E-state index contributed by atoms with van der Waals surface area (Å²) in [6, 6.07) is 0. The van der Waals surface area contributed by atoms with Crippen LogP contribution in [0.5, 0.6) is 0 Å². The quantitative estimate of drug-likeness (QED) is 0.152. The number of ether oxygens (including phenoxy) is 2. The number of hydrogen-bond acceptors (Lipinski definition) is 13. The minimum absolute atomic E-state index is 0.710. The molecule has 0 saturated heterocycles. The Hall–Kier alpha value is -3.50. The maximum atomic E-state index is 11.3. The average Bonchev–Trinajstić information content (AvgIpc) is 2.65. The minimum atomic E-state index is -2.99. The van der Waals surface area contributed by atoms with Crippen LogP contribution in [0.4, 0.5) is 0 Å². The summed E-state index contributed by atoms with van der Waals surface area (Å²) >= 11 is 0. The highest BCUT2D eigenvalue weighted by Gasteiger charge is 2.59. The van der Waals surface area contributed by atoms with Crippen LogP contribution in [0.25, 0.3) is 0 Å². The molecule has 0 aliphatic rings. The van der Waals surface area contributed by atoms with Gasteiger partial charge in [0.15, 0.2) is 0 Å². The van der Waals surface area contributed by atoms with Crippen molar-refractivity contribution in [2.24, 2.45) is 0 Å². The first-order chi connectivity index (χ1) is 13.4. The molecule has 0 bridgehead atoms. The molecule has 0 fully saturated rings. The third-order valence-corrected chi connectivity index (χ3v) is 4.09. The van der Waals surface area contributed by atoms with Gasteiger partial charge in [-0.2, -0.15) is 0 Å². The van der Waals surface area contributed by atoms with E-state index < -0.39 is 81.7 Å². The van der Waals surface area contributed by atoms with Crippen molar-refractivity contribution < 1.29 is 38.8 Å². The fourth-order valence-corrected chi connectivity index (χ4v) is 2.20. The lowest BCUT2D eigenvalue weighted by molar-refractivity contribution is -0.800. The van der Waals surface area contributed by atoms with Gasteiger partial charge >= 0.3 is 23.3 Å². The fourth-order valence-electron chi connectivity index (χ4n) is 2.20. The molecule has 0 aliphatic carbocycles. The summed E-state index contributed by atoms with van der Waals surface area (Å²) in [6.45, 7) is -2.32. The Morgan fingerprint density at radius 3 is 1.21 bits per heavy atom. The van der Waals surface area contributed by atoms with Gasteiger partial charge in [0.1, 0.15) is 25.9 Å². The van der Waals surface area contributed by atoms with Gasteiger partial charge in [-0.1, -0.05) is 0 Å². The van der Waals surface area contributed by atoms with Crippen molar-refractivity contribution in [2.45, 2.75) is 37.0 Å². The highest BCUT2D eigenvalue weighted by molar-refractivity contribution is 5.69. The number of carbonyl (C=O) groups is 2. The number of rotatable bonds is 14. The van der Waals surface area contributed by atoms with Gasteiger partial charge in [0.05, 0.1) is 46.8 Å². The van der Waals surface area contributed by atoms with Crippen molar-refractivity contribution in [3.05, 3.63) is 40.5 Å². The zero-order valence-corrected chi connectivity index (χ0v) is 15.4. The monoisotopic (exact) mass is 425 g/mol. The number of esters is 2. The Morgan fingerprint density at radius 2 is 1.00 bits per heavy atom. The molecule has 0 aliphatic heterocycles. The van der Waals surface area contributed by atoms with Gasteiger partial charge in [0.25, 0.3) is 0 Å². The van der Waals surface area contributed by atoms with Gasteiger partial charge in [0.2, 0.25) is 0 Å². The molecule has 0 saturated carbocycles. The molecular weight excluding hydrogens is 406 g/mol. The molecule has 0 aromatic carbocycles. The molecule has 164 valence electrons. The number of nitrogens with one attached hydrogen (secondary N) is 1. The Labute approximate surface area is 161 Å². The molecular formula is C12H19N5O12. The van der Waals surface area contributed by atoms with E-state index in [0.29, 0.717) is 0 Å². The smallest absolute Gasteiger partial charge is 0.469 e. The first kappa shape index (κ1) is 25.5. The molecule has 0 heterocycles. The molecule has 17 nitrogen and oxygen atoms in total. The maximum Gasteiger partial charge on any atom is 0.471 e. The van der Waals surface area contributed by atoms with Crippen LogP contribution in [0, 0.1) is 40.5 Å². The van der Waals surface area contributed by atoms with Crippen molar-refractivity contribution in [1.82, 2.24) is 5.32 Å². The van der Waals surface area contributed by atoms with E-state index in [1.807, 2.05) is 5.32 Å². The lowest BCUT2D eigenvalue weighted by atomic mass is 10.0. The van der Waals surface area contributed by atoms with Crippen LogP contribution >= 0.6 is 0 Å². The van der Waals surface area contributed by atoms with Crippen LogP contribution in [-0.2, 0) is 19.1 Å². The molecule has 17 heteroatoms. The normalized spacial score (nSPS) is 11.4. The van der Waals surface area contributed by atoms with Gasteiger partial charge in [-0.25, -0.2) is 0 Å². The van der Waals surface area contributed by atoms with E-state index in [2.05, 4.69) is 9.47 Å². The molecule has 0 atom stereocenters. The first-order valence-electron chi connectivity index (χ1n) is 7.82. The second-order valence-corrected chi connectivity index (χ2v) is 5.75. The fraction of sp³-hybridized carbons (Fsp3) is 0.833. The topological polar surface area (TPSA) is 237 Å². The van der Waals surface area contributed by atoms with Gasteiger partial charge in [0, 0.05) is 0 Å². The summed E-state index contributed by atoms with van der Waals surface area (Å²) in [5.41, 5.74) is -5.98. The van der Waals surface area contributed by atoms with Crippen molar-refractivity contribution >= 4 is 11.9 Å². The van der Waals surface area contributed by atoms with E-state index in [0.717, 1.165) is 14.2 Å². The van der Waals surface area contributed by atoms with Gasteiger partial charge < -0.3 is 9.47 Å². The Morgan fingerprint density at radius 1 is 0.724 bits per heavy atom. The molecule has 0 radical (unpaired) electrons. The zero-order valence-electron chi connectivity index (χ0n) is 15.4. The molecule has 0 rings (SSSR count). The van der Waals surface area contributed by atoms with Crippen LogP contribution in [-0.4, -0.2) is 70.3 Å². The Kier molecular flexibility index (Phi) is 9.44. The van der Waals surface area contributed by atoms with E-state index in [9.17, 15) is 50.0 Å². The molecule has 0 aromatic heterocycles. The summed E-state index contributed by atoms with van der Waals surface area (Å²) in [4.78, 5) is 62.3. The number of nitro groups is 4. The maximum absolute atomic E-state index is 11.3. The van der Waals surface area contributed by atoms with Crippen molar-refractivity contribution in [1.29, 1.82) is 0 Å². The predicted octanol–water partition coefficient (Wildman–Crippen LogP) is -1.02. The zero-order chi connectivity index (χ0) is 22.8. The molecule has 0 amide bonds. The summed E-state index contributed by atoms with van der Waals surface area (Å²) in [7, 11) is 1.93. The lowest BCUT2D eigenvalue weighted by Gasteiger charge is -2.20. The number of methoxy groups -OCH3 is 2. The van der Waals surface area contributed by atoms with Gasteiger partial charge in [-0.15, -0.1) is 0 Å². The molecule has 1 N–H and O–H groups in total. The van der Waals surface area contributed by atoms with Crippen LogP contribution in [0.2, 0.25) is 0 Å². The van der Waals surface area contributed by atoms with E-state index >= 15 is 0 Å². The van der Waals surface area contributed by atoms with Crippen molar-refractivity contribution in [3.8, 4) is 0 Å². The van der Waals surface area contributed by atoms with E-state index in [1.54, 1.807) is 0 Å². The van der Waals surface area contributed by atoms with Crippen molar-refractivity contribution in [2.75, 3.05) is 27.3 Å². The summed E-state index contributed by atoms with van der Waals surface area (Å²) in [5, 5.41) is 47.1. The summed E-state index contributed by atoms with van der Waals surface area (Å²) in [6.07, 6.45) is -3.28. The van der Waals surface area contributed by atoms with Crippen LogP contribution in [0.15, 0.2) is 0 Å². The van der Waals surface area contributed by atoms with Crippen LogP contribution in [0.3, 0.4) is 0 Å². The van der Waals surface area contributed by atoms with Gasteiger partial charge in [-0.05, 0) is 0 Å². The molecule has 29 heavy (non-hydrogen) atoms. The first-order valence-corrected chi connectivity index (χ1v) is 7.82. The highest BCUT2D eigenvalue weighted by Crippen LogP contribution is 2.21. The Balaban J connectivity index is 5.56. The highest BCUT2D eigenvalue weighted by atomic mass is 16.7. The summed E-state index contributed by atoms with van der Waals surface area (Å²) in [5.74, 6) is -1.94. The van der Waals surface area contributed by atoms with E-state index in [1.165, 1.54) is 0 Å². The third-order valence-electron chi connectivity index (χ3n) is 4.09. The Bertz CT molecular complexity index is 596. The van der Waals surface area contributed by atoms with Gasteiger partial charge in [-0.3, -0.25) is 55.4 Å². The van der Waals surface area contributed by atoms with E-state index in [4.69, 9.17) is 0 Å². The summed E-state index contributed by atoms with van der Waals surface area (Å²) < 4.78 is 8.53. The number of carbonyl (C=O) groups excluding carboxylic acids is 2. The minimum Gasteiger partial charge on any atom is -0.469 e. The largest absolute Gasteiger partial charge is 0.471 e. The van der Waals surface area contributed by atoms with Crippen molar-refractivity contribution in [3.63, 3.8) is 0 Å². The molecule has 0 unspecified atom stereocenters. The number of nitrogens with zero attached hydrogens (tertiary/aromatic N) is 4. The standard InChI is InChI=1S/C12H19N5O12/c1-28-9(18)3-5-11(14(20)21,15(22)23)7-13-8-12(16(24)25,17(26)27)6-4-10(19)29-2/h13H,3-8H2,1-2H3. The average molecular weight is 425 g/mol. The molecule has 0 aromatic rings. The predicted molar refractivity (Wildman–Crippen MR) is 88.8 cm³/mol. The van der Waals surface area contributed by atoms with E-state index in [-0.39, 0.29) is 0 Å². The van der Waals surface area contributed by atoms with Crippen LogP contribution in [0.1, 0.15) is 25.7 Å². The lowest BCUT2D eigenvalue weighted by Crippen LogP contribution is -2.59. The molecule has 0 spiro atoms. The number of hydrogen-bond donors (Lipinski definition) is 1. The SMILES string of the molecule is COC(=O)CCC(CNCC(CCC(=O)OC)([N+](=O)[O-])[N+](=O)[O-])([N+](=O)[O-])[N+](=O)[O-]. The second-order valence-electron chi connectivity index (χ2n) is 5.75.